The van der Waals surface area contributed by atoms with Gasteiger partial charge in [0.15, 0.2) is 0 Å². The van der Waals surface area contributed by atoms with Crippen LogP contribution < -0.4 is 5.73 Å². The van der Waals surface area contributed by atoms with E-state index < -0.39 is 0 Å². The van der Waals surface area contributed by atoms with E-state index in [0.717, 1.165) is 13.0 Å². The standard InChI is InChI=1S/C13H18ClFN2/c1-8(2)17-6-5-12(16)13(17)10-4-3-9(14)7-11(10)15/h3-4,7-8,12-13H,5-6,16H2,1-2H3. The van der Waals surface area contributed by atoms with Crippen LogP contribution in [0.1, 0.15) is 31.9 Å². The van der Waals surface area contributed by atoms with Gasteiger partial charge in [0.25, 0.3) is 0 Å². The second-order valence-electron chi connectivity index (χ2n) is 4.89. The number of hydrogen-bond acceptors (Lipinski definition) is 2. The second kappa shape index (κ2) is 4.92. The Bertz CT molecular complexity index is 408. The maximum Gasteiger partial charge on any atom is 0.129 e. The average Bonchev–Trinajstić information content (AvgIpc) is 2.60. The molecule has 0 aliphatic carbocycles. The Kier molecular flexibility index (Phi) is 3.71. The van der Waals surface area contributed by atoms with Gasteiger partial charge < -0.3 is 5.73 Å². The molecule has 0 spiro atoms. The number of likely N-dealkylation sites (tertiary alicyclic amines) is 1. The van der Waals surface area contributed by atoms with Gasteiger partial charge in [-0.15, -0.1) is 0 Å². The molecule has 2 unspecified atom stereocenters. The second-order valence-corrected chi connectivity index (χ2v) is 5.33. The third-order valence-electron chi connectivity index (χ3n) is 3.43. The van der Waals surface area contributed by atoms with Gasteiger partial charge in [-0.3, -0.25) is 4.90 Å². The first-order valence-electron chi connectivity index (χ1n) is 5.97. The summed E-state index contributed by atoms with van der Waals surface area (Å²) in [5.41, 5.74) is 6.77. The maximum absolute atomic E-state index is 13.9. The minimum absolute atomic E-state index is 0.00641. The van der Waals surface area contributed by atoms with Gasteiger partial charge in [0.2, 0.25) is 0 Å². The van der Waals surface area contributed by atoms with Gasteiger partial charge in [-0.25, -0.2) is 4.39 Å². The molecule has 1 saturated heterocycles. The van der Waals surface area contributed by atoms with Crippen molar-refractivity contribution in [2.24, 2.45) is 5.73 Å². The summed E-state index contributed by atoms with van der Waals surface area (Å²) < 4.78 is 13.9. The highest BCUT2D eigenvalue weighted by atomic mass is 35.5. The number of benzene rings is 1. The summed E-state index contributed by atoms with van der Waals surface area (Å²) in [5, 5.41) is 0.425. The fourth-order valence-electron chi connectivity index (χ4n) is 2.57. The molecule has 94 valence electrons. The molecule has 1 aromatic carbocycles. The number of rotatable bonds is 2. The van der Waals surface area contributed by atoms with E-state index in [9.17, 15) is 4.39 Å². The smallest absolute Gasteiger partial charge is 0.129 e. The summed E-state index contributed by atoms with van der Waals surface area (Å²) in [5.74, 6) is -0.259. The zero-order chi connectivity index (χ0) is 12.6. The summed E-state index contributed by atoms with van der Waals surface area (Å²) in [7, 11) is 0. The molecule has 1 aliphatic rings. The molecule has 0 bridgehead atoms. The van der Waals surface area contributed by atoms with Crippen LogP contribution in [-0.4, -0.2) is 23.5 Å². The largest absolute Gasteiger partial charge is 0.326 e. The molecular formula is C13H18ClFN2. The first kappa shape index (κ1) is 12.8. The first-order chi connectivity index (χ1) is 8.00. The zero-order valence-electron chi connectivity index (χ0n) is 10.2. The Morgan fingerprint density at radius 2 is 2.18 bits per heavy atom. The van der Waals surface area contributed by atoms with Crippen molar-refractivity contribution >= 4 is 11.6 Å². The van der Waals surface area contributed by atoms with E-state index in [-0.39, 0.29) is 17.9 Å². The minimum atomic E-state index is -0.259. The monoisotopic (exact) mass is 256 g/mol. The lowest BCUT2D eigenvalue weighted by atomic mass is 9.99. The normalized spacial score (nSPS) is 25.8. The van der Waals surface area contributed by atoms with Gasteiger partial charge in [0.05, 0.1) is 6.04 Å². The Labute approximate surface area is 107 Å². The summed E-state index contributed by atoms with van der Waals surface area (Å²) in [6.45, 7) is 5.14. The van der Waals surface area contributed by atoms with Crippen molar-refractivity contribution in [1.82, 2.24) is 4.90 Å². The SMILES string of the molecule is CC(C)N1CCC(N)C1c1ccc(Cl)cc1F. The van der Waals surface area contributed by atoms with E-state index in [0.29, 0.717) is 16.6 Å². The van der Waals surface area contributed by atoms with Crippen molar-refractivity contribution in [3.63, 3.8) is 0 Å². The molecule has 2 N–H and O–H groups in total. The van der Waals surface area contributed by atoms with Crippen molar-refractivity contribution in [1.29, 1.82) is 0 Å². The number of halogens is 2. The molecule has 2 nitrogen and oxygen atoms in total. The van der Waals surface area contributed by atoms with Gasteiger partial charge >= 0.3 is 0 Å². The van der Waals surface area contributed by atoms with E-state index in [1.807, 2.05) is 0 Å². The Morgan fingerprint density at radius 3 is 2.76 bits per heavy atom. The van der Waals surface area contributed by atoms with E-state index in [2.05, 4.69) is 18.7 Å². The van der Waals surface area contributed by atoms with E-state index in [4.69, 9.17) is 17.3 Å². The predicted octanol–water partition coefficient (Wildman–Crippen LogP) is 2.96. The van der Waals surface area contributed by atoms with Crippen LogP contribution in [0.4, 0.5) is 4.39 Å². The minimum Gasteiger partial charge on any atom is -0.326 e. The molecule has 0 amide bonds. The summed E-state index contributed by atoms with van der Waals surface area (Å²) in [6, 6.07) is 5.16. The lowest BCUT2D eigenvalue weighted by molar-refractivity contribution is 0.194. The number of nitrogens with zero attached hydrogens (tertiary/aromatic N) is 1. The van der Waals surface area contributed by atoms with Crippen molar-refractivity contribution in [2.75, 3.05) is 6.54 Å². The summed E-state index contributed by atoms with van der Waals surface area (Å²) >= 11 is 5.77. The Balaban J connectivity index is 2.36. The van der Waals surface area contributed by atoms with Crippen molar-refractivity contribution in [3.8, 4) is 0 Å². The highest BCUT2D eigenvalue weighted by molar-refractivity contribution is 6.30. The molecule has 4 heteroatoms. The van der Waals surface area contributed by atoms with Crippen LogP contribution in [0, 0.1) is 5.82 Å². The van der Waals surface area contributed by atoms with Gasteiger partial charge in [-0.05, 0) is 32.4 Å². The van der Waals surface area contributed by atoms with Gasteiger partial charge in [-0.2, -0.15) is 0 Å². The summed E-state index contributed by atoms with van der Waals surface area (Å²) in [6.07, 6.45) is 0.908. The molecule has 1 aromatic rings. The van der Waals surface area contributed by atoms with E-state index in [1.54, 1.807) is 12.1 Å². The third-order valence-corrected chi connectivity index (χ3v) is 3.66. The average molecular weight is 257 g/mol. The number of hydrogen-bond donors (Lipinski definition) is 1. The lowest BCUT2D eigenvalue weighted by Crippen LogP contribution is -2.36. The van der Waals surface area contributed by atoms with Gasteiger partial charge in [-0.1, -0.05) is 17.7 Å². The molecule has 0 radical (unpaired) electrons. The van der Waals surface area contributed by atoms with Crippen LogP contribution in [0.3, 0.4) is 0 Å². The quantitative estimate of drug-likeness (QED) is 0.882. The van der Waals surface area contributed by atoms with Crippen LogP contribution in [0.2, 0.25) is 5.02 Å². The number of nitrogens with two attached hydrogens (primary N) is 1. The molecule has 2 rings (SSSR count). The molecular weight excluding hydrogens is 239 g/mol. The van der Waals surface area contributed by atoms with Crippen LogP contribution in [0.15, 0.2) is 18.2 Å². The molecule has 2 atom stereocenters. The highest BCUT2D eigenvalue weighted by Gasteiger charge is 2.35. The van der Waals surface area contributed by atoms with E-state index in [1.165, 1.54) is 6.07 Å². The van der Waals surface area contributed by atoms with Crippen LogP contribution in [-0.2, 0) is 0 Å². The third kappa shape index (κ3) is 2.46. The van der Waals surface area contributed by atoms with Crippen molar-refractivity contribution in [2.45, 2.75) is 38.4 Å². The Morgan fingerprint density at radius 1 is 1.47 bits per heavy atom. The lowest BCUT2D eigenvalue weighted by Gasteiger charge is -2.30. The fourth-order valence-corrected chi connectivity index (χ4v) is 2.73. The molecule has 1 aliphatic heterocycles. The predicted molar refractivity (Wildman–Crippen MR) is 68.6 cm³/mol. The fraction of sp³-hybridized carbons (Fsp3) is 0.538. The van der Waals surface area contributed by atoms with E-state index >= 15 is 0 Å². The molecule has 17 heavy (non-hydrogen) atoms. The van der Waals surface area contributed by atoms with Crippen molar-refractivity contribution in [3.05, 3.63) is 34.6 Å². The molecule has 1 heterocycles. The zero-order valence-corrected chi connectivity index (χ0v) is 10.9. The Hall–Kier alpha value is -0.640. The highest BCUT2D eigenvalue weighted by Crippen LogP contribution is 2.34. The van der Waals surface area contributed by atoms with Crippen LogP contribution >= 0.6 is 11.6 Å². The topological polar surface area (TPSA) is 29.3 Å². The maximum atomic E-state index is 13.9. The first-order valence-corrected chi connectivity index (χ1v) is 6.34. The molecule has 0 saturated carbocycles. The van der Waals surface area contributed by atoms with Gasteiger partial charge in [0, 0.05) is 29.2 Å². The summed E-state index contributed by atoms with van der Waals surface area (Å²) in [4.78, 5) is 2.25. The van der Waals surface area contributed by atoms with Crippen LogP contribution in [0.25, 0.3) is 0 Å². The van der Waals surface area contributed by atoms with Crippen molar-refractivity contribution < 1.29 is 4.39 Å². The molecule has 0 aromatic heterocycles. The molecule has 1 fully saturated rings. The van der Waals surface area contributed by atoms with Gasteiger partial charge in [0.1, 0.15) is 5.82 Å². The van der Waals surface area contributed by atoms with Crippen LogP contribution in [0.5, 0.6) is 0 Å².